The van der Waals surface area contributed by atoms with Crippen molar-refractivity contribution in [2.75, 3.05) is 30.3 Å². The van der Waals surface area contributed by atoms with Crippen molar-refractivity contribution in [3.05, 3.63) is 18.2 Å². The summed E-state index contributed by atoms with van der Waals surface area (Å²) < 4.78 is 0. The summed E-state index contributed by atoms with van der Waals surface area (Å²) in [6.45, 7) is 6.18. The fourth-order valence-electron chi connectivity index (χ4n) is 1.69. The van der Waals surface area contributed by atoms with Crippen LogP contribution < -0.4 is 10.6 Å². The Hall–Kier alpha value is -1.29. The molecule has 0 saturated heterocycles. The zero-order valence-electron chi connectivity index (χ0n) is 10.7. The van der Waals surface area contributed by atoms with Gasteiger partial charge in [-0.1, -0.05) is 19.4 Å². The summed E-state index contributed by atoms with van der Waals surface area (Å²) in [5.74, 6) is 2.29. The molecule has 4 heteroatoms. The summed E-state index contributed by atoms with van der Waals surface area (Å²) in [6.07, 6.45) is 1.91. The number of nitrogens with zero attached hydrogens (tertiary/aromatic N) is 1. The third-order valence-corrected chi connectivity index (χ3v) is 2.79. The zero-order chi connectivity index (χ0) is 12.5. The number of hydrogen-bond acceptors (Lipinski definition) is 4. The van der Waals surface area contributed by atoms with Crippen molar-refractivity contribution in [2.24, 2.45) is 5.92 Å². The Kier molecular flexibility index (Phi) is 6.40. The van der Waals surface area contributed by atoms with Gasteiger partial charge >= 0.3 is 0 Å². The van der Waals surface area contributed by atoms with Gasteiger partial charge < -0.3 is 15.7 Å². The molecule has 1 aromatic heterocycles. The summed E-state index contributed by atoms with van der Waals surface area (Å²) in [4.78, 5) is 4.44. The van der Waals surface area contributed by atoms with Gasteiger partial charge in [-0.05, 0) is 31.4 Å². The molecule has 1 rings (SSSR count). The lowest BCUT2D eigenvalue weighted by atomic mass is 10.0. The van der Waals surface area contributed by atoms with Crippen molar-refractivity contribution in [3.8, 4) is 0 Å². The molecule has 0 aliphatic rings. The number of aromatic nitrogens is 1. The van der Waals surface area contributed by atoms with Crippen LogP contribution in [0.2, 0.25) is 0 Å². The van der Waals surface area contributed by atoms with Crippen LogP contribution in [0.4, 0.5) is 11.6 Å². The topological polar surface area (TPSA) is 57.2 Å². The van der Waals surface area contributed by atoms with Crippen molar-refractivity contribution >= 4 is 11.6 Å². The van der Waals surface area contributed by atoms with E-state index in [4.69, 9.17) is 5.11 Å². The molecule has 0 aromatic carbocycles. The summed E-state index contributed by atoms with van der Waals surface area (Å²) >= 11 is 0. The normalized spacial score (nSPS) is 12.2. The smallest absolute Gasteiger partial charge is 0.128 e. The number of anilines is 2. The fraction of sp³-hybridized carbons (Fsp3) is 0.615. The second-order valence-corrected chi connectivity index (χ2v) is 4.11. The van der Waals surface area contributed by atoms with E-state index in [-0.39, 0.29) is 6.61 Å². The maximum Gasteiger partial charge on any atom is 0.128 e. The van der Waals surface area contributed by atoms with Gasteiger partial charge in [-0.2, -0.15) is 0 Å². The number of hydrogen-bond donors (Lipinski definition) is 3. The Morgan fingerprint density at radius 2 is 1.94 bits per heavy atom. The molecule has 1 unspecified atom stereocenters. The van der Waals surface area contributed by atoms with Gasteiger partial charge in [-0.25, -0.2) is 4.98 Å². The number of aliphatic hydroxyl groups is 1. The summed E-state index contributed by atoms with van der Waals surface area (Å²) in [6, 6.07) is 5.91. The molecule has 0 spiro atoms. The van der Waals surface area contributed by atoms with Crippen LogP contribution in [-0.2, 0) is 0 Å². The lowest BCUT2D eigenvalue weighted by Gasteiger charge is -2.15. The molecular formula is C13H23N3O. The monoisotopic (exact) mass is 237 g/mol. The van der Waals surface area contributed by atoms with E-state index in [2.05, 4.69) is 29.5 Å². The average Bonchev–Trinajstić information content (AvgIpc) is 2.35. The minimum absolute atomic E-state index is 0.255. The first-order valence-corrected chi connectivity index (χ1v) is 6.35. The molecule has 0 aliphatic carbocycles. The standard InChI is InChI=1S/C13H23N3O/c1-3-11(8-9-17)10-15-13-7-5-6-12(16-13)14-4-2/h5-7,11,17H,3-4,8-10H2,1-2H3,(H2,14,15,16). The highest BCUT2D eigenvalue weighted by molar-refractivity contribution is 5.44. The van der Waals surface area contributed by atoms with Gasteiger partial charge in [0.1, 0.15) is 11.6 Å². The van der Waals surface area contributed by atoms with Crippen LogP contribution in [0, 0.1) is 5.92 Å². The Morgan fingerprint density at radius 3 is 2.53 bits per heavy atom. The third-order valence-electron chi connectivity index (χ3n) is 2.79. The molecule has 1 atom stereocenters. The van der Waals surface area contributed by atoms with Gasteiger partial charge in [-0.3, -0.25) is 0 Å². The minimum atomic E-state index is 0.255. The lowest BCUT2D eigenvalue weighted by molar-refractivity contribution is 0.258. The Balaban J connectivity index is 2.47. The minimum Gasteiger partial charge on any atom is -0.396 e. The van der Waals surface area contributed by atoms with Crippen molar-refractivity contribution in [1.29, 1.82) is 0 Å². The van der Waals surface area contributed by atoms with E-state index in [1.165, 1.54) is 0 Å². The quantitative estimate of drug-likeness (QED) is 0.649. The Bertz CT molecular complexity index is 317. The first-order valence-electron chi connectivity index (χ1n) is 6.35. The maximum atomic E-state index is 8.93. The number of rotatable bonds is 8. The predicted octanol–water partition coefficient (Wildman–Crippen LogP) is 2.33. The highest BCUT2D eigenvalue weighted by atomic mass is 16.3. The van der Waals surface area contributed by atoms with Gasteiger partial charge in [0.05, 0.1) is 0 Å². The number of nitrogens with one attached hydrogen (secondary N) is 2. The van der Waals surface area contributed by atoms with E-state index in [1.54, 1.807) is 0 Å². The average molecular weight is 237 g/mol. The van der Waals surface area contributed by atoms with Crippen LogP contribution >= 0.6 is 0 Å². The van der Waals surface area contributed by atoms with Crippen molar-refractivity contribution in [2.45, 2.75) is 26.7 Å². The first kappa shape index (κ1) is 13.8. The van der Waals surface area contributed by atoms with E-state index >= 15 is 0 Å². The summed E-state index contributed by atoms with van der Waals surface area (Å²) in [5.41, 5.74) is 0. The predicted molar refractivity (Wildman–Crippen MR) is 72.4 cm³/mol. The first-order chi connectivity index (χ1) is 8.30. The number of pyridine rings is 1. The van der Waals surface area contributed by atoms with Crippen molar-refractivity contribution < 1.29 is 5.11 Å². The van der Waals surface area contributed by atoms with Crippen LogP contribution in [0.3, 0.4) is 0 Å². The third kappa shape index (κ3) is 5.04. The molecule has 4 nitrogen and oxygen atoms in total. The largest absolute Gasteiger partial charge is 0.396 e. The molecule has 0 aliphatic heterocycles. The van der Waals surface area contributed by atoms with Crippen molar-refractivity contribution in [3.63, 3.8) is 0 Å². The molecule has 3 N–H and O–H groups in total. The van der Waals surface area contributed by atoms with Crippen LogP contribution in [0.5, 0.6) is 0 Å². The molecule has 0 saturated carbocycles. The van der Waals surface area contributed by atoms with Gasteiger partial charge in [0.25, 0.3) is 0 Å². The Morgan fingerprint density at radius 1 is 1.24 bits per heavy atom. The molecular weight excluding hydrogens is 214 g/mol. The molecule has 0 amide bonds. The van der Waals surface area contributed by atoms with Gasteiger partial charge in [0.2, 0.25) is 0 Å². The maximum absolute atomic E-state index is 8.93. The SMILES string of the molecule is CCNc1cccc(NCC(CC)CCO)n1. The van der Waals surface area contributed by atoms with Crippen LogP contribution in [0.25, 0.3) is 0 Å². The molecule has 1 heterocycles. The Labute approximate surface area is 103 Å². The lowest BCUT2D eigenvalue weighted by Crippen LogP contribution is -2.15. The molecule has 0 radical (unpaired) electrons. The molecule has 17 heavy (non-hydrogen) atoms. The molecule has 1 aromatic rings. The van der Waals surface area contributed by atoms with Crippen LogP contribution in [0.15, 0.2) is 18.2 Å². The fourth-order valence-corrected chi connectivity index (χ4v) is 1.69. The summed E-state index contributed by atoms with van der Waals surface area (Å²) in [5, 5.41) is 15.4. The van der Waals surface area contributed by atoms with Crippen LogP contribution in [0.1, 0.15) is 26.7 Å². The molecule has 0 bridgehead atoms. The second-order valence-electron chi connectivity index (χ2n) is 4.11. The van der Waals surface area contributed by atoms with Gasteiger partial charge in [0, 0.05) is 19.7 Å². The number of aliphatic hydroxyl groups excluding tert-OH is 1. The molecule has 0 fully saturated rings. The highest BCUT2D eigenvalue weighted by Crippen LogP contribution is 2.12. The van der Waals surface area contributed by atoms with Crippen molar-refractivity contribution in [1.82, 2.24) is 4.98 Å². The van der Waals surface area contributed by atoms with E-state index < -0.39 is 0 Å². The van der Waals surface area contributed by atoms with E-state index in [9.17, 15) is 0 Å². The van der Waals surface area contributed by atoms with Gasteiger partial charge in [0.15, 0.2) is 0 Å². The zero-order valence-corrected chi connectivity index (χ0v) is 10.7. The highest BCUT2D eigenvalue weighted by Gasteiger charge is 2.05. The second kappa shape index (κ2) is 7.90. The van der Waals surface area contributed by atoms with E-state index in [0.29, 0.717) is 5.92 Å². The van der Waals surface area contributed by atoms with Crippen LogP contribution in [-0.4, -0.2) is 29.8 Å². The van der Waals surface area contributed by atoms with E-state index in [0.717, 1.165) is 37.6 Å². The summed E-state index contributed by atoms with van der Waals surface area (Å²) in [7, 11) is 0. The van der Waals surface area contributed by atoms with E-state index in [1.807, 2.05) is 18.2 Å². The molecule has 96 valence electrons. The van der Waals surface area contributed by atoms with Gasteiger partial charge in [-0.15, -0.1) is 0 Å².